The highest BCUT2D eigenvalue weighted by Crippen LogP contribution is 2.52. The number of fused-ring (bicyclic) bond motifs is 1. The Labute approximate surface area is 248 Å². The van der Waals surface area contributed by atoms with E-state index in [-0.39, 0.29) is 35.3 Å². The summed E-state index contributed by atoms with van der Waals surface area (Å²) in [5, 5.41) is 11.1. The molecule has 8 nitrogen and oxygen atoms in total. The number of alkyl halides is 3. The SMILES string of the molecule is CC#CC(=O)NCCCOC(C)c1cc2c(c(C(F)(F)F)c1)CN(c1cccc(C3(c4nncn4C)CC(C)C3)c1)C2=O. The van der Waals surface area contributed by atoms with E-state index < -0.39 is 29.7 Å². The van der Waals surface area contributed by atoms with Gasteiger partial charge in [-0.05, 0) is 85.9 Å². The van der Waals surface area contributed by atoms with Gasteiger partial charge in [-0.3, -0.25) is 9.59 Å². The molecule has 11 heteroatoms. The molecule has 2 heterocycles. The first-order valence-electron chi connectivity index (χ1n) is 14.3. The number of carbonyl (C=O) groups excluding carboxylic acids is 2. The lowest BCUT2D eigenvalue weighted by Crippen LogP contribution is -2.43. The molecule has 2 aliphatic rings. The van der Waals surface area contributed by atoms with Crippen molar-refractivity contribution in [3.8, 4) is 11.8 Å². The van der Waals surface area contributed by atoms with E-state index in [0.717, 1.165) is 30.3 Å². The van der Waals surface area contributed by atoms with Gasteiger partial charge >= 0.3 is 6.18 Å². The van der Waals surface area contributed by atoms with Crippen LogP contribution in [0.5, 0.6) is 0 Å². The van der Waals surface area contributed by atoms with Crippen LogP contribution < -0.4 is 10.2 Å². The standard InChI is InChI=1S/C32H34F3N5O3/c1-5-8-28(41)36-11-7-12-43-21(3)22-13-25-26(27(14-22)32(33,34)35)18-40(29(25)42)24-10-6-9-23(15-24)31(16-20(2)17-31)30-38-37-19-39(30)4/h6,9-10,13-15,19-21H,7,11-12,16-18H2,1-4H3,(H,36,41). The Hall–Kier alpha value is -4.17. The maximum absolute atomic E-state index is 14.3. The predicted octanol–water partition coefficient (Wildman–Crippen LogP) is 5.32. The third kappa shape index (κ3) is 5.89. The highest BCUT2D eigenvalue weighted by molar-refractivity contribution is 6.10. The second-order valence-electron chi connectivity index (χ2n) is 11.4. The first-order chi connectivity index (χ1) is 20.4. The van der Waals surface area contributed by atoms with Crippen LogP contribution in [-0.2, 0) is 34.7 Å². The van der Waals surface area contributed by atoms with E-state index in [2.05, 4.69) is 34.3 Å². The number of hydrogen-bond donors (Lipinski definition) is 1. The van der Waals surface area contributed by atoms with Crippen LogP contribution in [0.2, 0.25) is 0 Å². The van der Waals surface area contributed by atoms with E-state index in [4.69, 9.17) is 4.74 Å². The maximum atomic E-state index is 14.3. The Kier molecular flexibility index (Phi) is 8.34. The summed E-state index contributed by atoms with van der Waals surface area (Å²) in [5.41, 5.74) is 0.528. The minimum Gasteiger partial charge on any atom is -0.374 e. The third-order valence-corrected chi connectivity index (χ3v) is 8.30. The molecule has 0 spiro atoms. The number of halogens is 3. The van der Waals surface area contributed by atoms with Crippen molar-refractivity contribution in [2.75, 3.05) is 18.1 Å². The summed E-state index contributed by atoms with van der Waals surface area (Å²) >= 11 is 0. The molecule has 2 amide bonds. The molecule has 226 valence electrons. The van der Waals surface area contributed by atoms with E-state index in [1.807, 2.05) is 29.8 Å². The average Bonchev–Trinajstić information content (AvgIpc) is 3.53. The van der Waals surface area contributed by atoms with Crippen molar-refractivity contribution < 1.29 is 27.5 Å². The zero-order valence-electron chi connectivity index (χ0n) is 24.6. The summed E-state index contributed by atoms with van der Waals surface area (Å²) in [4.78, 5) is 26.5. The Morgan fingerprint density at radius 2 is 2.02 bits per heavy atom. The van der Waals surface area contributed by atoms with Crippen LogP contribution >= 0.6 is 0 Å². The molecule has 3 aromatic rings. The number of ether oxygens (including phenoxy) is 1. The summed E-state index contributed by atoms with van der Waals surface area (Å²) in [7, 11) is 1.89. The number of aryl methyl sites for hydroxylation is 1. The fraction of sp³-hybridized carbons (Fsp3) is 0.438. The first kappa shape index (κ1) is 30.3. The van der Waals surface area contributed by atoms with Crippen molar-refractivity contribution in [2.45, 2.75) is 64.3 Å². The number of benzene rings is 2. The Morgan fingerprint density at radius 3 is 2.67 bits per heavy atom. The quantitative estimate of drug-likeness (QED) is 0.268. The number of aromatic nitrogens is 3. The van der Waals surface area contributed by atoms with Crippen LogP contribution in [0.25, 0.3) is 0 Å². The van der Waals surface area contributed by atoms with Crippen molar-refractivity contribution in [3.05, 3.63) is 76.4 Å². The highest BCUT2D eigenvalue weighted by atomic mass is 19.4. The summed E-state index contributed by atoms with van der Waals surface area (Å²) in [6.45, 7) is 5.72. The molecule has 0 radical (unpaired) electrons. The summed E-state index contributed by atoms with van der Waals surface area (Å²) in [6, 6.07) is 10.1. The lowest BCUT2D eigenvalue weighted by atomic mass is 9.58. The van der Waals surface area contributed by atoms with Gasteiger partial charge in [0.15, 0.2) is 0 Å². The molecule has 1 unspecified atom stereocenters. The molecule has 43 heavy (non-hydrogen) atoms. The number of nitrogens with zero attached hydrogens (tertiary/aromatic N) is 4. The minimum atomic E-state index is -4.65. The van der Waals surface area contributed by atoms with E-state index in [1.54, 1.807) is 26.2 Å². The van der Waals surface area contributed by atoms with Gasteiger partial charge in [0.1, 0.15) is 12.2 Å². The van der Waals surface area contributed by atoms with E-state index in [1.165, 1.54) is 11.0 Å². The van der Waals surface area contributed by atoms with Crippen molar-refractivity contribution >= 4 is 17.5 Å². The van der Waals surface area contributed by atoms with Gasteiger partial charge in [-0.15, -0.1) is 10.2 Å². The van der Waals surface area contributed by atoms with Crippen molar-refractivity contribution in [3.63, 3.8) is 0 Å². The molecule has 2 aromatic carbocycles. The predicted molar refractivity (Wildman–Crippen MR) is 154 cm³/mol. The van der Waals surface area contributed by atoms with Gasteiger partial charge in [0.2, 0.25) is 0 Å². The van der Waals surface area contributed by atoms with Crippen LogP contribution in [0.3, 0.4) is 0 Å². The Bertz CT molecular complexity index is 1600. The number of nitrogens with one attached hydrogen (secondary N) is 1. The number of amides is 2. The topological polar surface area (TPSA) is 89.3 Å². The van der Waals surface area contributed by atoms with Crippen LogP contribution in [0.1, 0.15) is 84.6 Å². The fourth-order valence-electron chi connectivity index (χ4n) is 6.28. The van der Waals surface area contributed by atoms with Gasteiger partial charge in [-0.2, -0.15) is 13.2 Å². The summed E-state index contributed by atoms with van der Waals surface area (Å²) in [6.07, 6.45) is -1.52. The molecule has 5 rings (SSSR count). The van der Waals surface area contributed by atoms with Gasteiger partial charge in [0, 0.05) is 31.5 Å². The second-order valence-corrected chi connectivity index (χ2v) is 11.4. The van der Waals surface area contributed by atoms with E-state index in [0.29, 0.717) is 24.6 Å². The molecule has 0 saturated heterocycles. The average molecular weight is 594 g/mol. The summed E-state index contributed by atoms with van der Waals surface area (Å²) < 4.78 is 50.6. The van der Waals surface area contributed by atoms with Gasteiger partial charge < -0.3 is 19.5 Å². The lowest BCUT2D eigenvalue weighted by Gasteiger charge is -2.46. The zero-order valence-corrected chi connectivity index (χ0v) is 24.6. The fourth-order valence-corrected chi connectivity index (χ4v) is 6.28. The number of hydrogen-bond acceptors (Lipinski definition) is 5. The van der Waals surface area contributed by atoms with Gasteiger partial charge in [0.05, 0.1) is 23.6 Å². The Morgan fingerprint density at radius 1 is 1.26 bits per heavy atom. The molecule has 1 fully saturated rings. The van der Waals surface area contributed by atoms with Gasteiger partial charge in [-0.1, -0.05) is 25.0 Å². The molecule has 1 atom stereocenters. The van der Waals surface area contributed by atoms with Crippen LogP contribution in [0.4, 0.5) is 18.9 Å². The van der Waals surface area contributed by atoms with Gasteiger partial charge in [0.25, 0.3) is 11.8 Å². The van der Waals surface area contributed by atoms with Crippen molar-refractivity contribution in [1.29, 1.82) is 0 Å². The number of carbonyl (C=O) groups is 2. The molecular weight excluding hydrogens is 559 g/mol. The Balaban J connectivity index is 1.39. The van der Waals surface area contributed by atoms with Crippen LogP contribution in [-0.4, -0.2) is 39.7 Å². The highest BCUT2D eigenvalue weighted by Gasteiger charge is 2.48. The number of anilines is 1. The molecule has 1 saturated carbocycles. The third-order valence-electron chi connectivity index (χ3n) is 8.30. The molecular formula is C32H34F3N5O3. The summed E-state index contributed by atoms with van der Waals surface area (Å²) in [5.74, 6) is 5.30. The first-order valence-corrected chi connectivity index (χ1v) is 14.3. The van der Waals surface area contributed by atoms with E-state index in [9.17, 15) is 22.8 Å². The van der Waals surface area contributed by atoms with Crippen molar-refractivity contribution in [1.82, 2.24) is 20.1 Å². The van der Waals surface area contributed by atoms with Crippen LogP contribution in [0.15, 0.2) is 42.7 Å². The minimum absolute atomic E-state index is 0.0244. The molecule has 0 bridgehead atoms. The molecule has 1 aliphatic carbocycles. The van der Waals surface area contributed by atoms with Gasteiger partial charge in [-0.25, -0.2) is 0 Å². The van der Waals surface area contributed by atoms with Crippen LogP contribution in [0, 0.1) is 17.8 Å². The normalized spacial score (nSPS) is 20.2. The number of rotatable bonds is 9. The monoisotopic (exact) mass is 593 g/mol. The molecule has 1 aliphatic heterocycles. The van der Waals surface area contributed by atoms with Crippen molar-refractivity contribution in [2.24, 2.45) is 13.0 Å². The lowest BCUT2D eigenvalue weighted by molar-refractivity contribution is -0.138. The maximum Gasteiger partial charge on any atom is 0.416 e. The zero-order chi connectivity index (χ0) is 30.9. The second kappa shape index (κ2) is 11.8. The smallest absolute Gasteiger partial charge is 0.374 e. The molecule has 1 N–H and O–H groups in total. The molecule has 1 aromatic heterocycles. The largest absolute Gasteiger partial charge is 0.416 e. The van der Waals surface area contributed by atoms with E-state index >= 15 is 0 Å².